The van der Waals surface area contributed by atoms with Crippen LogP contribution < -0.4 is 21.3 Å². The van der Waals surface area contributed by atoms with Gasteiger partial charge in [-0.3, -0.25) is 9.59 Å². The average molecular weight is 616 g/mol. The van der Waals surface area contributed by atoms with Crippen LogP contribution in [0.4, 0.5) is 30.5 Å². The Kier molecular flexibility index (Phi) is 10.1. The summed E-state index contributed by atoms with van der Waals surface area (Å²) in [6.45, 7) is 8.77. The Bertz CT molecular complexity index is 1430. The minimum Gasteiger partial charge on any atom is -0.384 e. The van der Waals surface area contributed by atoms with E-state index in [1.54, 1.807) is 50.6 Å². The van der Waals surface area contributed by atoms with Gasteiger partial charge in [-0.05, 0) is 36.1 Å². The predicted octanol–water partition coefficient (Wildman–Crippen LogP) is 7.04. The first-order valence-electron chi connectivity index (χ1n) is 13.1. The Hall–Kier alpha value is -3.18. The van der Waals surface area contributed by atoms with Gasteiger partial charge in [0.05, 0.1) is 32.3 Å². The molecule has 0 atom stereocenters. The number of alkyl halides is 3. The van der Waals surface area contributed by atoms with Gasteiger partial charge in [0.1, 0.15) is 6.54 Å². The van der Waals surface area contributed by atoms with Gasteiger partial charge in [-0.1, -0.05) is 63.9 Å². The molecule has 0 aliphatic carbocycles. The number of nitrogens with one attached hydrogen (secondary N) is 4. The van der Waals surface area contributed by atoms with E-state index in [0.29, 0.717) is 56.4 Å². The number of fused-ring (bicyclic) bond motifs is 1. The number of benzene rings is 2. The summed E-state index contributed by atoms with van der Waals surface area (Å²) in [6.07, 6.45) is -3.75. The monoisotopic (exact) mass is 614 g/mol. The van der Waals surface area contributed by atoms with Crippen LogP contribution in [-0.4, -0.2) is 40.6 Å². The topological polar surface area (TPSA) is 100 Å². The lowest BCUT2D eigenvalue weighted by Gasteiger charge is -2.19. The molecule has 2 amide bonds. The zero-order valence-corrected chi connectivity index (χ0v) is 25.3. The highest BCUT2D eigenvalue weighted by Gasteiger charge is 2.29. The van der Waals surface area contributed by atoms with Crippen molar-refractivity contribution in [2.45, 2.75) is 53.8 Å². The van der Waals surface area contributed by atoms with Crippen LogP contribution in [0.2, 0.25) is 10.0 Å². The van der Waals surface area contributed by atoms with Crippen LogP contribution in [0.3, 0.4) is 0 Å². The largest absolute Gasteiger partial charge is 0.405 e. The highest BCUT2D eigenvalue weighted by molar-refractivity contribution is 6.39. The van der Waals surface area contributed by atoms with Gasteiger partial charge in [0.25, 0.3) is 5.91 Å². The van der Waals surface area contributed by atoms with Crippen molar-refractivity contribution in [3.8, 4) is 0 Å². The Balaban J connectivity index is 1.97. The second kappa shape index (κ2) is 12.8. The molecule has 41 heavy (non-hydrogen) atoms. The standard InChI is InChI=1S/C28H35Cl2F3N6O2/c1-15(2)9-10-34-19-12-21-20(11-17(19)24(40)36-14-28(31,32)33)37-26(39(21)6)38-23-18(29)8-7-16(22(23)30)13-35-25(41)27(3,4)5/h7-8,11-12,15,34H,9-10,13-14H2,1-6H3,(H,35,41)(H,36,40)(H,37,38). The van der Waals surface area contributed by atoms with Crippen LogP contribution in [0.15, 0.2) is 24.3 Å². The van der Waals surface area contributed by atoms with Crippen LogP contribution in [0, 0.1) is 11.3 Å². The molecule has 0 fully saturated rings. The number of nitrogens with zero attached hydrogens (tertiary/aromatic N) is 2. The van der Waals surface area contributed by atoms with Gasteiger partial charge in [0.2, 0.25) is 11.9 Å². The second-order valence-corrected chi connectivity index (χ2v) is 12.0. The molecule has 4 N–H and O–H groups in total. The van der Waals surface area contributed by atoms with Gasteiger partial charge in [0.15, 0.2) is 0 Å². The highest BCUT2D eigenvalue weighted by atomic mass is 35.5. The number of hydrogen-bond acceptors (Lipinski definition) is 5. The maximum atomic E-state index is 12.8. The highest BCUT2D eigenvalue weighted by Crippen LogP contribution is 2.36. The molecule has 224 valence electrons. The fourth-order valence-corrected chi connectivity index (χ4v) is 4.39. The third-order valence-corrected chi connectivity index (χ3v) is 7.03. The summed E-state index contributed by atoms with van der Waals surface area (Å²) in [4.78, 5) is 29.7. The van der Waals surface area contributed by atoms with Crippen LogP contribution >= 0.6 is 23.2 Å². The number of halogens is 5. The van der Waals surface area contributed by atoms with Crippen molar-refractivity contribution < 1.29 is 22.8 Å². The minimum atomic E-state index is -4.55. The molecular formula is C28H35Cl2F3N6O2. The molecule has 3 aromatic rings. The SMILES string of the molecule is CC(C)CCNc1cc2c(cc1C(=O)NCC(F)(F)F)nc(Nc1c(Cl)ccc(CNC(=O)C(C)(C)C)c1Cl)n2C. The Labute approximate surface area is 247 Å². The molecule has 2 aromatic carbocycles. The summed E-state index contributed by atoms with van der Waals surface area (Å²) in [5.41, 5.74) is 1.86. The van der Waals surface area contributed by atoms with E-state index in [2.05, 4.69) is 20.9 Å². The third-order valence-electron chi connectivity index (χ3n) is 6.28. The smallest absolute Gasteiger partial charge is 0.384 e. The van der Waals surface area contributed by atoms with Gasteiger partial charge in [-0.25, -0.2) is 4.98 Å². The molecule has 0 radical (unpaired) electrons. The van der Waals surface area contributed by atoms with Crippen molar-refractivity contribution in [3.63, 3.8) is 0 Å². The van der Waals surface area contributed by atoms with Gasteiger partial charge in [-0.2, -0.15) is 13.2 Å². The molecule has 8 nitrogen and oxygen atoms in total. The zero-order valence-electron chi connectivity index (χ0n) is 23.8. The van der Waals surface area contributed by atoms with Crippen molar-refractivity contribution in [2.75, 3.05) is 23.7 Å². The van der Waals surface area contributed by atoms with E-state index in [4.69, 9.17) is 23.2 Å². The molecule has 0 spiro atoms. The normalized spacial score (nSPS) is 12.1. The molecule has 1 heterocycles. The predicted molar refractivity (Wildman–Crippen MR) is 158 cm³/mol. The van der Waals surface area contributed by atoms with Crippen LogP contribution in [0.5, 0.6) is 0 Å². The Morgan fingerprint density at radius 1 is 1.07 bits per heavy atom. The third kappa shape index (κ3) is 8.42. The Morgan fingerprint density at radius 3 is 2.37 bits per heavy atom. The van der Waals surface area contributed by atoms with E-state index in [1.165, 1.54) is 6.07 Å². The summed E-state index contributed by atoms with van der Waals surface area (Å²) < 4.78 is 40.1. The van der Waals surface area contributed by atoms with Crippen molar-refractivity contribution >= 4 is 63.4 Å². The summed E-state index contributed by atoms with van der Waals surface area (Å²) in [5.74, 6) is -0.289. The van der Waals surface area contributed by atoms with Crippen molar-refractivity contribution in [2.24, 2.45) is 18.4 Å². The van der Waals surface area contributed by atoms with E-state index in [9.17, 15) is 22.8 Å². The minimum absolute atomic E-state index is 0.0443. The summed E-state index contributed by atoms with van der Waals surface area (Å²) >= 11 is 13.1. The first-order chi connectivity index (χ1) is 19.0. The Morgan fingerprint density at radius 2 is 1.76 bits per heavy atom. The second-order valence-electron chi connectivity index (χ2n) is 11.2. The van der Waals surface area contributed by atoms with E-state index in [-0.39, 0.29) is 18.0 Å². The number of anilines is 3. The molecule has 3 rings (SSSR count). The number of hydrogen-bond donors (Lipinski definition) is 4. The van der Waals surface area contributed by atoms with E-state index >= 15 is 0 Å². The van der Waals surface area contributed by atoms with Crippen molar-refractivity contribution in [1.82, 2.24) is 20.2 Å². The fraction of sp³-hybridized carbons (Fsp3) is 0.464. The number of amides is 2. The molecule has 0 saturated carbocycles. The van der Waals surface area contributed by atoms with Crippen molar-refractivity contribution in [1.29, 1.82) is 0 Å². The molecule has 1 aromatic heterocycles. The molecule has 0 aliphatic rings. The van der Waals surface area contributed by atoms with Crippen LogP contribution in [-0.2, 0) is 18.4 Å². The van der Waals surface area contributed by atoms with E-state index in [1.807, 2.05) is 19.2 Å². The quantitative estimate of drug-likeness (QED) is 0.196. The van der Waals surface area contributed by atoms with Gasteiger partial charge in [0, 0.05) is 31.2 Å². The molecular weight excluding hydrogens is 580 g/mol. The first-order valence-corrected chi connectivity index (χ1v) is 13.8. The first kappa shape index (κ1) is 32.3. The lowest BCUT2D eigenvalue weighted by molar-refractivity contribution is -0.128. The zero-order chi connectivity index (χ0) is 30.7. The number of rotatable bonds is 10. The number of carbonyl (C=O) groups excluding carboxylic acids is 2. The van der Waals surface area contributed by atoms with Gasteiger partial charge in [-0.15, -0.1) is 0 Å². The lowest BCUT2D eigenvalue weighted by atomic mass is 9.95. The van der Waals surface area contributed by atoms with Crippen LogP contribution in [0.1, 0.15) is 57.0 Å². The number of imidazole rings is 1. The molecule has 0 aliphatic heterocycles. The van der Waals surface area contributed by atoms with Crippen LogP contribution in [0.25, 0.3) is 11.0 Å². The van der Waals surface area contributed by atoms with Gasteiger partial charge < -0.3 is 25.8 Å². The van der Waals surface area contributed by atoms with E-state index in [0.717, 1.165) is 6.42 Å². The molecule has 0 bridgehead atoms. The van der Waals surface area contributed by atoms with Gasteiger partial charge >= 0.3 is 6.18 Å². The summed E-state index contributed by atoms with van der Waals surface area (Å²) in [6, 6.07) is 6.50. The molecule has 13 heteroatoms. The maximum absolute atomic E-state index is 12.8. The number of aryl methyl sites for hydroxylation is 1. The summed E-state index contributed by atoms with van der Waals surface area (Å²) in [5, 5.41) is 11.7. The summed E-state index contributed by atoms with van der Waals surface area (Å²) in [7, 11) is 1.74. The number of carbonyl (C=O) groups is 2. The molecule has 0 unspecified atom stereocenters. The number of aromatic nitrogens is 2. The molecule has 0 saturated heterocycles. The lowest BCUT2D eigenvalue weighted by Crippen LogP contribution is -2.34. The fourth-order valence-electron chi connectivity index (χ4n) is 3.85. The average Bonchev–Trinajstić information content (AvgIpc) is 3.16. The van der Waals surface area contributed by atoms with E-state index < -0.39 is 24.0 Å². The van der Waals surface area contributed by atoms with Crippen molar-refractivity contribution in [3.05, 3.63) is 45.4 Å². The maximum Gasteiger partial charge on any atom is 0.405 e.